The van der Waals surface area contributed by atoms with Crippen LogP contribution in [-0.2, 0) is 6.54 Å². The van der Waals surface area contributed by atoms with E-state index in [0.29, 0.717) is 12.1 Å². The van der Waals surface area contributed by atoms with Crippen LogP contribution in [0.15, 0.2) is 42.6 Å². The number of rotatable bonds is 6. The Bertz CT molecular complexity index is 641. The number of nitrogens with two attached hydrogens (primary N) is 1. The van der Waals surface area contributed by atoms with Gasteiger partial charge in [0.25, 0.3) is 0 Å². The molecule has 2 aromatic rings. The maximum Gasteiger partial charge on any atom is 0.248 e. The Labute approximate surface area is 129 Å². The molecule has 5 heteroatoms. The summed E-state index contributed by atoms with van der Waals surface area (Å²) < 4.78 is 13.0. The van der Waals surface area contributed by atoms with Gasteiger partial charge in [0.05, 0.1) is 17.9 Å². The summed E-state index contributed by atoms with van der Waals surface area (Å²) in [5, 5.41) is 3.40. The lowest BCUT2D eigenvalue weighted by Gasteiger charge is -2.22. The van der Waals surface area contributed by atoms with Crippen molar-refractivity contribution in [2.24, 2.45) is 11.7 Å². The van der Waals surface area contributed by atoms with Crippen LogP contribution in [0.1, 0.15) is 41.5 Å². The maximum atomic E-state index is 13.0. The van der Waals surface area contributed by atoms with E-state index >= 15 is 0 Å². The number of primary amides is 1. The van der Waals surface area contributed by atoms with Gasteiger partial charge in [0, 0.05) is 12.1 Å². The first-order valence-corrected chi connectivity index (χ1v) is 7.21. The number of nitrogens with one attached hydrogen (secondary N) is 1. The fourth-order valence-electron chi connectivity index (χ4n) is 2.32. The molecular weight excluding hydrogens is 281 g/mol. The number of amides is 1. The molecule has 0 aliphatic carbocycles. The van der Waals surface area contributed by atoms with E-state index in [-0.39, 0.29) is 17.8 Å². The van der Waals surface area contributed by atoms with Gasteiger partial charge < -0.3 is 11.1 Å². The molecule has 0 radical (unpaired) electrons. The highest BCUT2D eigenvalue weighted by Gasteiger charge is 2.16. The highest BCUT2D eigenvalue weighted by atomic mass is 19.1. The maximum absolute atomic E-state index is 13.0. The lowest BCUT2D eigenvalue weighted by atomic mass is 9.99. The molecule has 22 heavy (non-hydrogen) atoms. The average Bonchev–Trinajstić information content (AvgIpc) is 2.49. The van der Waals surface area contributed by atoms with Gasteiger partial charge in [-0.25, -0.2) is 4.39 Å². The van der Waals surface area contributed by atoms with Crippen molar-refractivity contribution in [3.63, 3.8) is 0 Å². The van der Waals surface area contributed by atoms with Gasteiger partial charge in [-0.2, -0.15) is 0 Å². The zero-order valence-corrected chi connectivity index (χ0v) is 12.7. The number of aromatic nitrogens is 1. The third-order valence-electron chi connectivity index (χ3n) is 3.47. The zero-order chi connectivity index (χ0) is 16.1. The molecule has 0 fully saturated rings. The van der Waals surface area contributed by atoms with Crippen LogP contribution in [0.5, 0.6) is 0 Å². The minimum atomic E-state index is -0.442. The van der Waals surface area contributed by atoms with E-state index < -0.39 is 5.91 Å². The van der Waals surface area contributed by atoms with Crippen molar-refractivity contribution in [1.29, 1.82) is 0 Å². The third kappa shape index (κ3) is 4.11. The lowest BCUT2D eigenvalue weighted by molar-refractivity contribution is 0.1000. The summed E-state index contributed by atoms with van der Waals surface area (Å²) in [6.45, 7) is 4.72. The normalized spacial score (nSPS) is 12.4. The number of hydrogen-bond acceptors (Lipinski definition) is 3. The van der Waals surface area contributed by atoms with Crippen molar-refractivity contribution < 1.29 is 9.18 Å². The number of carbonyl (C=O) groups is 1. The monoisotopic (exact) mass is 301 g/mol. The largest absolute Gasteiger partial charge is 0.366 e. The van der Waals surface area contributed by atoms with Crippen LogP contribution in [0.2, 0.25) is 0 Å². The molecule has 1 amide bonds. The van der Waals surface area contributed by atoms with Gasteiger partial charge in [0.2, 0.25) is 5.91 Å². The smallest absolute Gasteiger partial charge is 0.248 e. The molecule has 1 aromatic heterocycles. The number of halogens is 1. The second kappa shape index (κ2) is 7.13. The second-order valence-electron chi connectivity index (χ2n) is 5.57. The summed E-state index contributed by atoms with van der Waals surface area (Å²) in [6.07, 6.45) is 1.22. The summed E-state index contributed by atoms with van der Waals surface area (Å²) in [5.41, 5.74) is 7.53. The van der Waals surface area contributed by atoms with Crippen molar-refractivity contribution in [2.75, 3.05) is 0 Å². The molecule has 0 spiro atoms. The summed E-state index contributed by atoms with van der Waals surface area (Å²) in [7, 11) is 0. The Morgan fingerprint density at radius 1 is 1.32 bits per heavy atom. The molecule has 116 valence electrons. The van der Waals surface area contributed by atoms with Crippen molar-refractivity contribution in [3.05, 3.63) is 65.2 Å². The van der Waals surface area contributed by atoms with Crippen LogP contribution in [0.25, 0.3) is 0 Å². The van der Waals surface area contributed by atoms with Crippen molar-refractivity contribution >= 4 is 5.91 Å². The number of hydrogen-bond donors (Lipinski definition) is 2. The summed E-state index contributed by atoms with van der Waals surface area (Å²) in [4.78, 5) is 15.4. The van der Waals surface area contributed by atoms with Crippen molar-refractivity contribution in [2.45, 2.75) is 26.4 Å². The number of pyridine rings is 1. The van der Waals surface area contributed by atoms with Gasteiger partial charge in [-0.05, 0) is 35.7 Å². The van der Waals surface area contributed by atoms with E-state index in [1.54, 1.807) is 24.3 Å². The predicted octanol–water partition coefficient (Wildman–Crippen LogP) is 2.81. The van der Waals surface area contributed by atoms with E-state index in [1.165, 1.54) is 12.3 Å². The van der Waals surface area contributed by atoms with Gasteiger partial charge in [0.15, 0.2) is 0 Å². The Kier molecular flexibility index (Phi) is 5.22. The molecule has 1 heterocycles. The van der Waals surface area contributed by atoms with Gasteiger partial charge in [0.1, 0.15) is 5.82 Å². The van der Waals surface area contributed by atoms with Gasteiger partial charge in [-0.1, -0.05) is 26.0 Å². The fourth-order valence-corrected chi connectivity index (χ4v) is 2.32. The minimum absolute atomic E-state index is 0.00201. The SMILES string of the molecule is CC(C)[C@H](NCc1cccc(C(N)=O)c1)c1ccc(F)cn1. The fraction of sp³-hybridized carbons (Fsp3) is 0.294. The van der Waals surface area contributed by atoms with E-state index in [2.05, 4.69) is 24.1 Å². The average molecular weight is 301 g/mol. The molecule has 3 N–H and O–H groups in total. The van der Waals surface area contributed by atoms with Crippen molar-refractivity contribution in [1.82, 2.24) is 10.3 Å². The van der Waals surface area contributed by atoms with Crippen LogP contribution in [0, 0.1) is 11.7 Å². The first-order chi connectivity index (χ1) is 10.5. The Morgan fingerprint density at radius 3 is 2.68 bits per heavy atom. The molecule has 0 saturated carbocycles. The molecule has 1 atom stereocenters. The quantitative estimate of drug-likeness (QED) is 0.862. The Hall–Kier alpha value is -2.27. The lowest BCUT2D eigenvalue weighted by Crippen LogP contribution is -2.26. The zero-order valence-electron chi connectivity index (χ0n) is 12.7. The third-order valence-corrected chi connectivity index (χ3v) is 3.47. The van der Waals surface area contributed by atoms with Crippen molar-refractivity contribution in [3.8, 4) is 0 Å². The van der Waals surface area contributed by atoms with Gasteiger partial charge in [-0.15, -0.1) is 0 Å². The molecular formula is C17H20FN3O. The molecule has 0 saturated heterocycles. The van der Waals surface area contributed by atoms with Crippen LogP contribution < -0.4 is 11.1 Å². The van der Waals surface area contributed by atoms with E-state index in [4.69, 9.17) is 5.73 Å². The molecule has 0 bridgehead atoms. The first kappa shape index (κ1) is 16.1. The minimum Gasteiger partial charge on any atom is -0.366 e. The topological polar surface area (TPSA) is 68.0 Å². The molecule has 0 unspecified atom stereocenters. The van der Waals surface area contributed by atoms with Gasteiger partial charge in [-0.3, -0.25) is 9.78 Å². The Morgan fingerprint density at radius 2 is 2.09 bits per heavy atom. The number of benzene rings is 1. The van der Waals surface area contributed by atoms with E-state index in [1.807, 2.05) is 6.07 Å². The van der Waals surface area contributed by atoms with E-state index in [0.717, 1.165) is 11.3 Å². The molecule has 0 aliphatic rings. The van der Waals surface area contributed by atoms with Crippen LogP contribution in [-0.4, -0.2) is 10.9 Å². The standard InChI is InChI=1S/C17H20FN3O/c1-11(2)16(15-7-6-14(18)10-20-15)21-9-12-4-3-5-13(8-12)17(19)22/h3-8,10-11,16,21H,9H2,1-2H3,(H2,19,22)/t16-/m0/s1. The van der Waals surface area contributed by atoms with Crippen LogP contribution in [0.3, 0.4) is 0 Å². The summed E-state index contributed by atoms with van der Waals surface area (Å²) >= 11 is 0. The second-order valence-corrected chi connectivity index (χ2v) is 5.57. The van der Waals surface area contributed by atoms with E-state index in [9.17, 15) is 9.18 Å². The van der Waals surface area contributed by atoms with Crippen LogP contribution in [0.4, 0.5) is 4.39 Å². The predicted molar refractivity (Wildman–Crippen MR) is 83.6 cm³/mol. The van der Waals surface area contributed by atoms with Crippen LogP contribution >= 0.6 is 0 Å². The summed E-state index contributed by atoms with van der Waals surface area (Å²) in [5.74, 6) is -0.500. The first-order valence-electron chi connectivity index (χ1n) is 7.21. The summed E-state index contributed by atoms with van der Waals surface area (Å²) in [6, 6.07) is 10.3. The molecule has 0 aliphatic heterocycles. The highest BCUT2D eigenvalue weighted by molar-refractivity contribution is 5.92. The number of nitrogens with zero attached hydrogens (tertiary/aromatic N) is 1. The Balaban J connectivity index is 2.11. The molecule has 4 nitrogen and oxygen atoms in total. The molecule has 2 rings (SSSR count). The van der Waals surface area contributed by atoms with Gasteiger partial charge >= 0.3 is 0 Å². The highest BCUT2D eigenvalue weighted by Crippen LogP contribution is 2.20. The molecule has 1 aromatic carbocycles. The number of carbonyl (C=O) groups excluding carboxylic acids is 1.